The first-order valence-electron chi connectivity index (χ1n) is 12.0. The predicted molar refractivity (Wildman–Crippen MR) is 135 cm³/mol. The summed E-state index contributed by atoms with van der Waals surface area (Å²) in [4.78, 5) is 50.8. The summed E-state index contributed by atoms with van der Waals surface area (Å²) in [5.41, 5.74) is 2.84. The first-order chi connectivity index (χ1) is 16.5. The lowest BCUT2D eigenvalue weighted by molar-refractivity contribution is -0.152. The van der Waals surface area contributed by atoms with Gasteiger partial charge in [0.2, 0.25) is 15.6 Å². The van der Waals surface area contributed by atoms with Crippen molar-refractivity contribution in [1.82, 2.24) is 21.1 Å². The van der Waals surface area contributed by atoms with E-state index in [1.165, 1.54) is 5.01 Å². The van der Waals surface area contributed by atoms with Crippen LogP contribution in [-0.4, -0.2) is 63.8 Å². The number of ether oxygens (including phenoxy) is 1. The van der Waals surface area contributed by atoms with Crippen LogP contribution in [0.15, 0.2) is 12.2 Å². The number of esters is 1. The molecule has 198 valence electrons. The highest BCUT2D eigenvalue weighted by Gasteiger charge is 2.35. The van der Waals surface area contributed by atoms with E-state index >= 15 is 0 Å². The Morgan fingerprint density at radius 2 is 1.77 bits per heavy atom. The number of nitrogens with zero attached hydrogens (tertiary/aromatic N) is 1. The van der Waals surface area contributed by atoms with Gasteiger partial charge in [0.05, 0.1) is 0 Å². The van der Waals surface area contributed by atoms with E-state index in [-0.39, 0.29) is 24.2 Å². The molecule has 0 radical (unpaired) electrons. The van der Waals surface area contributed by atoms with Crippen LogP contribution < -0.4 is 16.1 Å². The van der Waals surface area contributed by atoms with Crippen LogP contribution in [0, 0.1) is 5.92 Å². The van der Waals surface area contributed by atoms with Crippen molar-refractivity contribution in [1.29, 1.82) is 0 Å². The maximum absolute atomic E-state index is 13.2. The molecule has 1 heterocycles. The third-order valence-electron chi connectivity index (χ3n) is 6.10. The van der Waals surface area contributed by atoms with Gasteiger partial charge >= 0.3 is 5.97 Å². The monoisotopic (exact) mass is 552 g/mol. The number of amides is 3. The topological polar surface area (TPSA) is 117 Å². The van der Waals surface area contributed by atoms with Gasteiger partial charge in [0, 0.05) is 13.0 Å². The zero-order valence-corrected chi connectivity index (χ0v) is 22.4. The largest absolute Gasteiger partial charge is 0.460 e. The molecule has 12 heteroatoms. The van der Waals surface area contributed by atoms with E-state index in [1.54, 1.807) is 19.1 Å². The van der Waals surface area contributed by atoms with Gasteiger partial charge in [0.1, 0.15) is 24.7 Å². The molecule has 2 rings (SSSR count). The van der Waals surface area contributed by atoms with Crippen LogP contribution in [0.3, 0.4) is 0 Å². The van der Waals surface area contributed by atoms with E-state index in [9.17, 15) is 19.2 Å². The maximum atomic E-state index is 13.2. The minimum atomic E-state index is -1.73. The molecule has 1 saturated heterocycles. The molecule has 0 bridgehead atoms. The quantitative estimate of drug-likeness (QED) is 0.230. The average Bonchev–Trinajstić information content (AvgIpc) is 2.84. The van der Waals surface area contributed by atoms with Crippen molar-refractivity contribution >= 4 is 58.5 Å². The Kier molecular flexibility index (Phi) is 12.1. The summed E-state index contributed by atoms with van der Waals surface area (Å²) in [5.74, 6) is -1.64. The molecule has 2 aliphatic rings. The highest BCUT2D eigenvalue weighted by molar-refractivity contribution is 6.67. The zero-order chi connectivity index (χ0) is 26.0. The molecule has 1 aliphatic heterocycles. The van der Waals surface area contributed by atoms with Gasteiger partial charge in [-0.3, -0.25) is 24.2 Å². The van der Waals surface area contributed by atoms with Crippen molar-refractivity contribution in [3.63, 3.8) is 0 Å². The molecule has 2 fully saturated rings. The van der Waals surface area contributed by atoms with Crippen LogP contribution in [0.4, 0.5) is 0 Å². The number of carbonyl (C=O) groups excluding carboxylic acids is 4. The van der Waals surface area contributed by atoms with Gasteiger partial charge in [0.25, 0.3) is 5.91 Å². The van der Waals surface area contributed by atoms with Crippen LogP contribution in [0.2, 0.25) is 0 Å². The van der Waals surface area contributed by atoms with Crippen LogP contribution in [0.1, 0.15) is 65.2 Å². The normalized spacial score (nSPS) is 21.3. The first-order valence-corrected chi connectivity index (χ1v) is 13.2. The highest BCUT2D eigenvalue weighted by atomic mass is 35.6. The average molecular weight is 554 g/mol. The molecule has 0 aromatic carbocycles. The molecular formula is C23H35Cl3N4O5. The summed E-state index contributed by atoms with van der Waals surface area (Å²) in [7, 11) is 0. The molecule has 0 aromatic heterocycles. The molecule has 3 atom stereocenters. The minimum absolute atomic E-state index is 0.0192. The standard InChI is InChI=1S/C23H35Cl3N4O5/c1-3-4-12-18(31)28-19(16-9-6-5-7-10-16)20(32)27-15(2)21(33)30-13-8-11-17(29-30)22(34)35-14-23(24,25)26/h3-4,15-17,19,29H,5-14H2,1-2H3,(H,27,32)(H,28,31)/b4-3+/t15-,17-,19-/m0/s1. The Bertz CT molecular complexity index is 784. The van der Waals surface area contributed by atoms with Gasteiger partial charge < -0.3 is 15.4 Å². The predicted octanol–water partition coefficient (Wildman–Crippen LogP) is 2.93. The molecule has 1 saturated carbocycles. The van der Waals surface area contributed by atoms with E-state index in [0.717, 1.165) is 32.1 Å². The second-order valence-electron chi connectivity index (χ2n) is 8.98. The van der Waals surface area contributed by atoms with E-state index in [0.29, 0.717) is 19.4 Å². The van der Waals surface area contributed by atoms with Gasteiger partial charge in [-0.25, -0.2) is 5.43 Å². The van der Waals surface area contributed by atoms with Crippen molar-refractivity contribution < 1.29 is 23.9 Å². The number of hydrogen-bond donors (Lipinski definition) is 3. The fraction of sp³-hybridized carbons (Fsp3) is 0.739. The van der Waals surface area contributed by atoms with Crippen molar-refractivity contribution in [2.75, 3.05) is 13.2 Å². The first kappa shape index (κ1) is 29.7. The molecule has 0 aromatic rings. The number of hydrazine groups is 1. The second kappa shape index (κ2) is 14.3. The summed E-state index contributed by atoms with van der Waals surface area (Å²) in [6, 6.07) is -2.35. The number of carbonyl (C=O) groups is 4. The van der Waals surface area contributed by atoms with Crippen molar-refractivity contribution in [2.45, 2.75) is 87.1 Å². The Hall–Kier alpha value is -1.55. The van der Waals surface area contributed by atoms with Crippen molar-refractivity contribution in [3.05, 3.63) is 12.2 Å². The summed E-state index contributed by atoms with van der Waals surface area (Å²) >= 11 is 16.9. The SMILES string of the molecule is C/C=C/CC(=O)N[C@H](C(=O)N[C@@H](C)C(=O)N1CCC[C@@H](C(=O)OCC(Cl)(Cl)Cl)N1)C1CCCCC1. The molecule has 3 amide bonds. The van der Waals surface area contributed by atoms with Gasteiger partial charge in [-0.2, -0.15) is 0 Å². The molecule has 3 N–H and O–H groups in total. The molecule has 0 spiro atoms. The number of halogens is 3. The Labute approximate surface area is 221 Å². The van der Waals surface area contributed by atoms with Gasteiger partial charge in [0.15, 0.2) is 0 Å². The number of rotatable bonds is 9. The van der Waals surface area contributed by atoms with Gasteiger partial charge in [-0.05, 0) is 45.4 Å². The Morgan fingerprint density at radius 1 is 1.09 bits per heavy atom. The lowest BCUT2D eigenvalue weighted by atomic mass is 9.83. The zero-order valence-electron chi connectivity index (χ0n) is 20.2. The third kappa shape index (κ3) is 10.1. The highest BCUT2D eigenvalue weighted by Crippen LogP contribution is 2.27. The fourth-order valence-electron chi connectivity index (χ4n) is 4.29. The summed E-state index contributed by atoms with van der Waals surface area (Å²) in [6.45, 7) is 3.36. The minimum Gasteiger partial charge on any atom is -0.460 e. The number of hydrogen-bond acceptors (Lipinski definition) is 6. The summed E-state index contributed by atoms with van der Waals surface area (Å²) in [6.07, 6.45) is 9.50. The van der Waals surface area contributed by atoms with Gasteiger partial charge in [-0.15, -0.1) is 0 Å². The van der Waals surface area contributed by atoms with E-state index in [1.807, 2.05) is 6.92 Å². The van der Waals surface area contributed by atoms with Crippen LogP contribution in [0.25, 0.3) is 0 Å². The molecule has 0 unspecified atom stereocenters. The van der Waals surface area contributed by atoms with E-state index in [4.69, 9.17) is 39.5 Å². The van der Waals surface area contributed by atoms with Crippen molar-refractivity contribution in [2.24, 2.45) is 5.92 Å². The second-order valence-corrected chi connectivity index (χ2v) is 11.5. The third-order valence-corrected chi connectivity index (χ3v) is 6.43. The summed E-state index contributed by atoms with van der Waals surface area (Å²) in [5, 5.41) is 6.91. The van der Waals surface area contributed by atoms with Gasteiger partial charge in [-0.1, -0.05) is 66.2 Å². The Morgan fingerprint density at radius 3 is 2.40 bits per heavy atom. The molecular weight excluding hydrogens is 519 g/mol. The van der Waals surface area contributed by atoms with Crippen LogP contribution in [0.5, 0.6) is 0 Å². The number of nitrogens with one attached hydrogen (secondary N) is 3. The van der Waals surface area contributed by atoms with Crippen molar-refractivity contribution in [3.8, 4) is 0 Å². The molecule has 35 heavy (non-hydrogen) atoms. The number of alkyl halides is 3. The van der Waals surface area contributed by atoms with Crippen LogP contribution in [-0.2, 0) is 23.9 Å². The molecule has 1 aliphatic carbocycles. The summed E-state index contributed by atoms with van der Waals surface area (Å²) < 4.78 is 3.29. The number of allylic oxidation sites excluding steroid dienone is 1. The fourth-order valence-corrected chi connectivity index (χ4v) is 4.45. The lowest BCUT2D eigenvalue weighted by Gasteiger charge is -2.35. The van der Waals surface area contributed by atoms with E-state index < -0.39 is 40.4 Å². The smallest absolute Gasteiger partial charge is 0.325 e. The van der Waals surface area contributed by atoms with Crippen LogP contribution >= 0.6 is 34.8 Å². The molecule has 9 nitrogen and oxygen atoms in total. The Balaban J connectivity index is 1.97. The lowest BCUT2D eigenvalue weighted by Crippen LogP contribution is -2.61. The maximum Gasteiger partial charge on any atom is 0.325 e. The van der Waals surface area contributed by atoms with E-state index in [2.05, 4.69) is 16.1 Å².